The first kappa shape index (κ1) is 19.2. The standard InChI is InChI=1S/C17H26N2O6/c1-11-7-5-6-8-17(11)14(22)19(15(23)18-17)9-12(20)24-10-13(21)25-16(2,3)4/h11H,5-10H2,1-4H3,(H,18,23)/t11-,17-/m1/s1. The van der Waals surface area contributed by atoms with Crippen molar-refractivity contribution in [2.75, 3.05) is 13.2 Å². The van der Waals surface area contributed by atoms with Crippen molar-refractivity contribution in [2.45, 2.75) is 64.5 Å². The number of ether oxygens (including phenoxy) is 2. The maximum absolute atomic E-state index is 12.7. The highest BCUT2D eigenvalue weighted by Crippen LogP contribution is 2.38. The number of imide groups is 1. The van der Waals surface area contributed by atoms with Gasteiger partial charge in [-0.05, 0) is 39.5 Å². The predicted octanol–water partition coefficient (Wildman–Crippen LogP) is 1.37. The Labute approximate surface area is 147 Å². The molecule has 1 heterocycles. The second-order valence-electron chi connectivity index (χ2n) is 7.69. The number of hydrogen-bond donors (Lipinski definition) is 1. The minimum atomic E-state index is -0.916. The van der Waals surface area contributed by atoms with Gasteiger partial charge < -0.3 is 14.8 Å². The first-order valence-corrected chi connectivity index (χ1v) is 8.57. The van der Waals surface area contributed by atoms with Gasteiger partial charge in [-0.15, -0.1) is 0 Å². The van der Waals surface area contributed by atoms with Crippen molar-refractivity contribution in [3.8, 4) is 0 Å². The molecule has 0 aromatic carbocycles. The number of carbonyl (C=O) groups excluding carboxylic acids is 4. The fourth-order valence-electron chi connectivity index (χ4n) is 3.32. The fraction of sp³-hybridized carbons (Fsp3) is 0.765. The van der Waals surface area contributed by atoms with Crippen molar-refractivity contribution in [1.29, 1.82) is 0 Å². The van der Waals surface area contributed by atoms with Crippen LogP contribution in [0, 0.1) is 5.92 Å². The van der Waals surface area contributed by atoms with Crippen molar-refractivity contribution < 1.29 is 28.7 Å². The summed E-state index contributed by atoms with van der Waals surface area (Å²) in [4.78, 5) is 49.2. The first-order chi connectivity index (χ1) is 11.5. The molecule has 0 aromatic heterocycles. The van der Waals surface area contributed by atoms with Crippen LogP contribution in [-0.4, -0.2) is 53.1 Å². The van der Waals surface area contributed by atoms with E-state index in [2.05, 4.69) is 5.32 Å². The lowest BCUT2D eigenvalue weighted by molar-refractivity contribution is -0.166. The molecule has 0 unspecified atom stereocenters. The van der Waals surface area contributed by atoms with E-state index in [1.807, 2.05) is 6.92 Å². The average molecular weight is 354 g/mol. The summed E-state index contributed by atoms with van der Waals surface area (Å²) in [6.07, 6.45) is 3.29. The number of esters is 2. The number of nitrogens with zero attached hydrogens (tertiary/aromatic N) is 1. The summed E-state index contributed by atoms with van der Waals surface area (Å²) in [6, 6.07) is -0.590. The largest absolute Gasteiger partial charge is 0.457 e. The summed E-state index contributed by atoms with van der Waals surface area (Å²) in [6.45, 7) is 5.96. The summed E-state index contributed by atoms with van der Waals surface area (Å²) in [5.74, 6) is -1.88. The molecule has 25 heavy (non-hydrogen) atoms. The lowest BCUT2D eigenvalue weighted by Crippen LogP contribution is -2.54. The molecule has 3 amide bonds. The van der Waals surface area contributed by atoms with Crippen molar-refractivity contribution in [3.63, 3.8) is 0 Å². The molecule has 1 saturated heterocycles. The van der Waals surface area contributed by atoms with Gasteiger partial charge in [-0.3, -0.25) is 14.5 Å². The van der Waals surface area contributed by atoms with E-state index >= 15 is 0 Å². The van der Waals surface area contributed by atoms with E-state index in [1.165, 1.54) is 0 Å². The van der Waals surface area contributed by atoms with Gasteiger partial charge in [-0.2, -0.15) is 0 Å². The third-order valence-electron chi connectivity index (χ3n) is 4.56. The Morgan fingerprint density at radius 3 is 2.52 bits per heavy atom. The topological polar surface area (TPSA) is 102 Å². The van der Waals surface area contributed by atoms with E-state index in [-0.39, 0.29) is 11.8 Å². The minimum Gasteiger partial charge on any atom is -0.457 e. The fourth-order valence-corrected chi connectivity index (χ4v) is 3.32. The second-order valence-corrected chi connectivity index (χ2v) is 7.69. The molecule has 2 aliphatic rings. The van der Waals surface area contributed by atoms with Crippen LogP contribution in [0.4, 0.5) is 4.79 Å². The zero-order chi connectivity index (χ0) is 18.8. The third-order valence-corrected chi connectivity index (χ3v) is 4.56. The Hall–Kier alpha value is -2.12. The number of hydrogen-bond acceptors (Lipinski definition) is 6. The zero-order valence-electron chi connectivity index (χ0n) is 15.2. The maximum Gasteiger partial charge on any atom is 0.344 e. The number of urea groups is 1. The number of amides is 3. The zero-order valence-corrected chi connectivity index (χ0v) is 15.2. The summed E-state index contributed by atoms with van der Waals surface area (Å²) in [5, 5.41) is 2.76. The smallest absolute Gasteiger partial charge is 0.344 e. The van der Waals surface area contributed by atoms with E-state index in [0.717, 1.165) is 24.2 Å². The minimum absolute atomic E-state index is 0.0143. The summed E-state index contributed by atoms with van der Waals surface area (Å²) < 4.78 is 9.85. The van der Waals surface area contributed by atoms with Crippen molar-refractivity contribution in [3.05, 3.63) is 0 Å². The molecule has 2 fully saturated rings. The SMILES string of the molecule is C[C@@H]1CCCC[C@@]12NC(=O)N(CC(=O)OCC(=O)OC(C)(C)C)C2=O. The molecule has 1 spiro atoms. The van der Waals surface area contributed by atoms with Gasteiger partial charge in [0.1, 0.15) is 17.7 Å². The summed E-state index contributed by atoms with van der Waals surface area (Å²) in [7, 11) is 0. The highest BCUT2D eigenvalue weighted by molar-refractivity contribution is 6.09. The molecular formula is C17H26N2O6. The van der Waals surface area contributed by atoms with Crippen molar-refractivity contribution in [1.82, 2.24) is 10.2 Å². The Kier molecular flexibility index (Phi) is 5.39. The molecule has 1 aliphatic carbocycles. The van der Waals surface area contributed by atoms with Crippen LogP contribution in [0.1, 0.15) is 53.4 Å². The first-order valence-electron chi connectivity index (χ1n) is 8.57. The quantitative estimate of drug-likeness (QED) is 0.604. The van der Waals surface area contributed by atoms with Gasteiger partial charge in [0.25, 0.3) is 5.91 Å². The summed E-state index contributed by atoms with van der Waals surface area (Å²) in [5.41, 5.74) is -1.60. The second kappa shape index (κ2) is 7.01. The van der Waals surface area contributed by atoms with Gasteiger partial charge in [0.2, 0.25) is 0 Å². The predicted molar refractivity (Wildman–Crippen MR) is 87.4 cm³/mol. The highest BCUT2D eigenvalue weighted by atomic mass is 16.6. The molecule has 2 rings (SSSR count). The van der Waals surface area contributed by atoms with E-state index in [9.17, 15) is 19.2 Å². The lowest BCUT2D eigenvalue weighted by Gasteiger charge is -2.36. The van der Waals surface area contributed by atoms with Gasteiger partial charge in [0.05, 0.1) is 0 Å². The molecule has 8 nitrogen and oxygen atoms in total. The van der Waals surface area contributed by atoms with Crippen LogP contribution in [0.15, 0.2) is 0 Å². The van der Waals surface area contributed by atoms with Crippen LogP contribution in [0.5, 0.6) is 0 Å². The monoisotopic (exact) mass is 354 g/mol. The Bertz CT molecular complexity index is 582. The Balaban J connectivity index is 1.91. The van der Waals surface area contributed by atoms with Gasteiger partial charge in [-0.1, -0.05) is 19.8 Å². The molecule has 8 heteroatoms. The van der Waals surface area contributed by atoms with Gasteiger partial charge >= 0.3 is 18.0 Å². The van der Waals surface area contributed by atoms with Gasteiger partial charge in [0, 0.05) is 0 Å². The van der Waals surface area contributed by atoms with E-state index in [4.69, 9.17) is 9.47 Å². The van der Waals surface area contributed by atoms with E-state index < -0.39 is 42.3 Å². The van der Waals surface area contributed by atoms with Crippen LogP contribution >= 0.6 is 0 Å². The lowest BCUT2D eigenvalue weighted by atomic mass is 9.73. The molecule has 0 radical (unpaired) electrons. The van der Waals surface area contributed by atoms with E-state index in [1.54, 1.807) is 20.8 Å². The van der Waals surface area contributed by atoms with Crippen molar-refractivity contribution in [2.24, 2.45) is 5.92 Å². The molecule has 0 aromatic rings. The number of nitrogens with one attached hydrogen (secondary N) is 1. The third kappa shape index (κ3) is 4.29. The Morgan fingerprint density at radius 2 is 1.92 bits per heavy atom. The van der Waals surface area contributed by atoms with Gasteiger partial charge in [0.15, 0.2) is 6.61 Å². The van der Waals surface area contributed by atoms with Crippen LogP contribution in [-0.2, 0) is 23.9 Å². The molecule has 1 saturated carbocycles. The van der Waals surface area contributed by atoms with Crippen molar-refractivity contribution >= 4 is 23.9 Å². The highest BCUT2D eigenvalue weighted by Gasteiger charge is 2.55. The van der Waals surface area contributed by atoms with Crippen LogP contribution in [0.3, 0.4) is 0 Å². The maximum atomic E-state index is 12.7. The molecular weight excluding hydrogens is 328 g/mol. The molecule has 1 N–H and O–H groups in total. The number of carbonyl (C=O) groups is 4. The van der Waals surface area contributed by atoms with E-state index in [0.29, 0.717) is 6.42 Å². The average Bonchev–Trinajstić information content (AvgIpc) is 2.72. The molecule has 1 aliphatic heterocycles. The van der Waals surface area contributed by atoms with Gasteiger partial charge in [-0.25, -0.2) is 9.59 Å². The Morgan fingerprint density at radius 1 is 1.24 bits per heavy atom. The molecule has 140 valence electrons. The van der Waals surface area contributed by atoms with Crippen LogP contribution in [0.2, 0.25) is 0 Å². The normalized spacial score (nSPS) is 26.6. The number of rotatable bonds is 4. The molecule has 0 bridgehead atoms. The summed E-state index contributed by atoms with van der Waals surface area (Å²) >= 11 is 0. The van der Waals surface area contributed by atoms with Crippen LogP contribution < -0.4 is 5.32 Å². The molecule has 2 atom stereocenters. The van der Waals surface area contributed by atoms with Crippen LogP contribution in [0.25, 0.3) is 0 Å².